The van der Waals surface area contributed by atoms with Gasteiger partial charge in [0.15, 0.2) is 0 Å². The van der Waals surface area contributed by atoms with Crippen molar-refractivity contribution in [2.75, 3.05) is 0 Å². The van der Waals surface area contributed by atoms with Crippen molar-refractivity contribution in [1.29, 1.82) is 0 Å². The molecule has 0 saturated carbocycles. The number of carbonyl (C=O) groups excluding carboxylic acids is 1. The monoisotopic (exact) mass is 314 g/mol. The van der Waals surface area contributed by atoms with Crippen LogP contribution in [0.3, 0.4) is 0 Å². The zero-order valence-corrected chi connectivity index (χ0v) is 12.8. The number of rotatable bonds is 2. The summed E-state index contributed by atoms with van der Waals surface area (Å²) in [6.45, 7) is 7.88. The topological polar surface area (TPSA) is 35.5 Å². The van der Waals surface area contributed by atoms with Crippen molar-refractivity contribution in [3.63, 3.8) is 0 Å². The molecule has 1 saturated heterocycles. The number of carbonyl (C=O) groups is 1. The zero-order valence-electron chi connectivity index (χ0n) is 11.1. The zero-order chi connectivity index (χ0) is 13.4. The van der Waals surface area contributed by atoms with Crippen molar-refractivity contribution in [1.82, 2.24) is 0 Å². The van der Waals surface area contributed by atoms with E-state index < -0.39 is 10.8 Å². The Hall–Kier alpha value is -0.831. The molecule has 0 radical (unpaired) electrons. The van der Waals surface area contributed by atoms with Crippen molar-refractivity contribution in [3.8, 4) is 0 Å². The van der Waals surface area contributed by atoms with Crippen molar-refractivity contribution in [3.05, 3.63) is 30.3 Å². The van der Waals surface area contributed by atoms with Gasteiger partial charge >= 0.3 is 114 Å². The second-order valence-electron chi connectivity index (χ2n) is 5.50. The maximum absolute atomic E-state index is 11.9. The SMILES string of the molecule is CC(C)(C)[C@@]1(C)OC(=O)C([Se]c2ccccc2)O1. The van der Waals surface area contributed by atoms with E-state index in [9.17, 15) is 4.79 Å². The van der Waals surface area contributed by atoms with Crippen molar-refractivity contribution >= 4 is 25.4 Å². The Balaban J connectivity index is 2.11. The second kappa shape index (κ2) is 4.69. The minimum absolute atomic E-state index is 0.0542. The van der Waals surface area contributed by atoms with Crippen LogP contribution in [-0.2, 0) is 14.3 Å². The summed E-state index contributed by atoms with van der Waals surface area (Å²) >= 11 is -0.0542. The number of esters is 1. The molecule has 0 amide bonds. The summed E-state index contributed by atoms with van der Waals surface area (Å²) in [5.41, 5.74) is -0.232. The number of hydrogen-bond donors (Lipinski definition) is 0. The van der Waals surface area contributed by atoms with Gasteiger partial charge in [0.2, 0.25) is 0 Å². The second-order valence-corrected chi connectivity index (χ2v) is 7.88. The molecule has 3 nitrogen and oxygen atoms in total. The molecule has 1 aromatic carbocycles. The molecule has 18 heavy (non-hydrogen) atoms. The molecular formula is C14H18O3Se. The van der Waals surface area contributed by atoms with E-state index in [4.69, 9.17) is 9.47 Å². The predicted octanol–water partition coefficient (Wildman–Crippen LogP) is 1.68. The first-order valence-corrected chi connectivity index (χ1v) is 7.79. The Morgan fingerprint density at radius 2 is 1.83 bits per heavy atom. The summed E-state index contributed by atoms with van der Waals surface area (Å²) in [5.74, 6) is -1.07. The molecule has 0 N–H and O–H groups in total. The van der Waals surface area contributed by atoms with Gasteiger partial charge in [-0.15, -0.1) is 0 Å². The van der Waals surface area contributed by atoms with Crippen LogP contribution in [0.25, 0.3) is 0 Å². The van der Waals surface area contributed by atoms with Gasteiger partial charge in [0.25, 0.3) is 0 Å². The van der Waals surface area contributed by atoms with E-state index in [1.807, 2.05) is 58.0 Å². The van der Waals surface area contributed by atoms with Gasteiger partial charge in [0.1, 0.15) is 0 Å². The van der Waals surface area contributed by atoms with Crippen LogP contribution in [0.1, 0.15) is 27.7 Å². The third kappa shape index (κ3) is 2.61. The number of cyclic esters (lactones) is 1. The number of ether oxygens (including phenoxy) is 2. The molecule has 2 atom stereocenters. The fourth-order valence-corrected chi connectivity index (χ4v) is 3.51. The van der Waals surface area contributed by atoms with Crippen LogP contribution < -0.4 is 4.46 Å². The van der Waals surface area contributed by atoms with E-state index in [-0.39, 0.29) is 26.3 Å². The first-order chi connectivity index (χ1) is 8.32. The fraction of sp³-hybridized carbons (Fsp3) is 0.500. The summed E-state index contributed by atoms with van der Waals surface area (Å²) in [4.78, 5) is 11.9. The minimum atomic E-state index is -0.828. The Kier molecular flexibility index (Phi) is 3.54. The summed E-state index contributed by atoms with van der Waals surface area (Å²) in [6, 6.07) is 9.94. The van der Waals surface area contributed by atoms with Gasteiger partial charge in [-0.05, 0) is 0 Å². The van der Waals surface area contributed by atoms with Crippen LogP contribution in [0.15, 0.2) is 30.3 Å². The van der Waals surface area contributed by atoms with Crippen LogP contribution in [0.5, 0.6) is 0 Å². The van der Waals surface area contributed by atoms with Crippen LogP contribution in [0, 0.1) is 5.41 Å². The molecule has 1 fully saturated rings. The molecule has 1 heterocycles. The van der Waals surface area contributed by atoms with Gasteiger partial charge in [-0.25, -0.2) is 0 Å². The standard InChI is InChI=1S/C14H18O3Se/c1-13(2,3)14(4)16-11(15)12(17-14)18-10-8-6-5-7-9-10/h5-9,12H,1-4H3/t12?,14-/m0/s1. The quantitative estimate of drug-likeness (QED) is 0.615. The van der Waals surface area contributed by atoms with E-state index in [0.29, 0.717) is 0 Å². The van der Waals surface area contributed by atoms with Crippen LogP contribution in [0.4, 0.5) is 0 Å². The van der Waals surface area contributed by atoms with Crippen LogP contribution >= 0.6 is 0 Å². The molecule has 1 unspecified atom stereocenters. The van der Waals surface area contributed by atoms with Crippen molar-refractivity contribution < 1.29 is 14.3 Å². The van der Waals surface area contributed by atoms with Gasteiger partial charge in [0.05, 0.1) is 0 Å². The summed E-state index contributed by atoms with van der Waals surface area (Å²) in [6.07, 6.45) is 0. The molecule has 0 aliphatic carbocycles. The summed E-state index contributed by atoms with van der Waals surface area (Å²) in [7, 11) is 0. The van der Waals surface area contributed by atoms with E-state index in [1.54, 1.807) is 0 Å². The van der Waals surface area contributed by atoms with Gasteiger partial charge < -0.3 is 0 Å². The van der Waals surface area contributed by atoms with Crippen LogP contribution in [0.2, 0.25) is 0 Å². The van der Waals surface area contributed by atoms with Crippen LogP contribution in [-0.4, -0.2) is 31.7 Å². The van der Waals surface area contributed by atoms with Gasteiger partial charge in [0, 0.05) is 0 Å². The third-order valence-corrected chi connectivity index (χ3v) is 5.37. The van der Waals surface area contributed by atoms with E-state index in [1.165, 1.54) is 0 Å². The molecule has 1 aliphatic heterocycles. The van der Waals surface area contributed by atoms with E-state index in [2.05, 4.69) is 0 Å². The normalized spacial score (nSPS) is 28.2. The molecule has 4 heteroatoms. The molecule has 98 valence electrons. The van der Waals surface area contributed by atoms with E-state index >= 15 is 0 Å². The summed E-state index contributed by atoms with van der Waals surface area (Å²) in [5, 5.41) is -0.441. The molecular weight excluding hydrogens is 295 g/mol. The maximum atomic E-state index is 11.9. The molecule has 2 rings (SSSR count). The van der Waals surface area contributed by atoms with Gasteiger partial charge in [-0.2, -0.15) is 0 Å². The van der Waals surface area contributed by atoms with Gasteiger partial charge in [-0.1, -0.05) is 0 Å². The molecule has 1 aromatic rings. The van der Waals surface area contributed by atoms with Gasteiger partial charge in [-0.3, -0.25) is 0 Å². The molecule has 1 aliphatic rings. The Morgan fingerprint density at radius 3 is 2.33 bits per heavy atom. The van der Waals surface area contributed by atoms with Crippen molar-refractivity contribution in [2.45, 2.75) is 38.5 Å². The average molecular weight is 313 g/mol. The third-order valence-electron chi connectivity index (χ3n) is 3.17. The van der Waals surface area contributed by atoms with E-state index in [0.717, 1.165) is 4.46 Å². The molecule has 0 bridgehead atoms. The number of hydrogen-bond acceptors (Lipinski definition) is 3. The Labute approximate surface area is 114 Å². The first kappa shape index (κ1) is 13.6. The molecule has 0 spiro atoms. The Morgan fingerprint density at radius 1 is 1.22 bits per heavy atom. The predicted molar refractivity (Wildman–Crippen MR) is 70.7 cm³/mol. The fourth-order valence-electron chi connectivity index (χ4n) is 1.54. The Bertz CT molecular complexity index is 438. The first-order valence-electron chi connectivity index (χ1n) is 5.94. The average Bonchev–Trinajstić information content (AvgIpc) is 2.56. The molecule has 0 aromatic heterocycles. The summed E-state index contributed by atoms with van der Waals surface area (Å²) < 4.78 is 12.5. The number of benzene rings is 1. The van der Waals surface area contributed by atoms with Crippen molar-refractivity contribution in [2.24, 2.45) is 5.41 Å².